The molecule has 0 spiro atoms. The van der Waals surface area contributed by atoms with Gasteiger partial charge in [-0.25, -0.2) is 4.98 Å². The number of hydrogen-bond donors (Lipinski definition) is 2. The van der Waals surface area contributed by atoms with E-state index in [2.05, 4.69) is 20.6 Å². The molecule has 2 heterocycles. The number of nitrogens with zero attached hydrogens (tertiary/aromatic N) is 2. The van der Waals surface area contributed by atoms with E-state index >= 15 is 0 Å². The van der Waals surface area contributed by atoms with Crippen molar-refractivity contribution < 1.29 is 9.47 Å². The molecule has 7 heteroatoms. The maximum absolute atomic E-state index is 6.16. The number of nitrogens with one attached hydrogen (secondary N) is 2. The van der Waals surface area contributed by atoms with Crippen LogP contribution in [0.3, 0.4) is 0 Å². The van der Waals surface area contributed by atoms with Crippen LogP contribution in [0.2, 0.25) is 5.02 Å². The van der Waals surface area contributed by atoms with Gasteiger partial charge in [0.05, 0.1) is 10.7 Å². The van der Waals surface area contributed by atoms with Crippen LogP contribution in [-0.4, -0.2) is 23.2 Å². The van der Waals surface area contributed by atoms with E-state index in [0.29, 0.717) is 35.8 Å². The second kappa shape index (κ2) is 6.86. The molecule has 0 fully saturated rings. The summed E-state index contributed by atoms with van der Waals surface area (Å²) in [6.07, 6.45) is 1.67. The third kappa shape index (κ3) is 3.59. The summed E-state index contributed by atoms with van der Waals surface area (Å²) in [7, 11) is 0. The first kappa shape index (κ1) is 15.5. The first-order valence-corrected chi connectivity index (χ1v) is 8.17. The first-order chi connectivity index (χ1) is 12.3. The van der Waals surface area contributed by atoms with Crippen molar-refractivity contribution in [3.63, 3.8) is 0 Å². The Bertz CT molecular complexity index is 904. The minimum Gasteiger partial charge on any atom is -0.486 e. The van der Waals surface area contributed by atoms with Gasteiger partial charge in [0, 0.05) is 18.0 Å². The average Bonchev–Trinajstić information content (AvgIpc) is 2.64. The molecular formula is C18H15ClN4O2. The summed E-state index contributed by atoms with van der Waals surface area (Å²) in [5, 5.41) is 6.97. The molecule has 2 aromatic carbocycles. The van der Waals surface area contributed by atoms with Crippen molar-refractivity contribution in [2.24, 2.45) is 0 Å². The molecule has 6 nitrogen and oxygen atoms in total. The highest BCUT2D eigenvalue weighted by Crippen LogP contribution is 2.33. The molecule has 4 rings (SSSR count). The van der Waals surface area contributed by atoms with E-state index in [4.69, 9.17) is 21.1 Å². The topological polar surface area (TPSA) is 68.3 Å². The third-order valence-corrected chi connectivity index (χ3v) is 3.92. The van der Waals surface area contributed by atoms with Gasteiger partial charge in [-0.05, 0) is 30.3 Å². The minimum absolute atomic E-state index is 0.466. The van der Waals surface area contributed by atoms with Crippen molar-refractivity contribution in [3.8, 4) is 11.5 Å². The number of ether oxygens (including phenoxy) is 2. The fourth-order valence-electron chi connectivity index (χ4n) is 2.44. The predicted molar refractivity (Wildman–Crippen MR) is 97.5 cm³/mol. The largest absolute Gasteiger partial charge is 0.486 e. The molecule has 0 saturated heterocycles. The number of aromatic nitrogens is 2. The lowest BCUT2D eigenvalue weighted by Crippen LogP contribution is -2.15. The second-order valence-corrected chi connectivity index (χ2v) is 5.76. The molecule has 0 saturated carbocycles. The smallest absolute Gasteiger partial charge is 0.229 e. The van der Waals surface area contributed by atoms with Crippen molar-refractivity contribution in [1.82, 2.24) is 9.97 Å². The Morgan fingerprint density at radius 1 is 0.920 bits per heavy atom. The monoisotopic (exact) mass is 354 g/mol. The number of hydrogen-bond acceptors (Lipinski definition) is 6. The van der Waals surface area contributed by atoms with Gasteiger partial charge in [0.2, 0.25) is 5.95 Å². The molecule has 1 aliphatic heterocycles. The normalized spacial score (nSPS) is 12.5. The number of anilines is 4. The predicted octanol–water partition coefficient (Wildman–Crippen LogP) is 4.39. The van der Waals surface area contributed by atoms with Crippen LogP contribution in [0.1, 0.15) is 0 Å². The summed E-state index contributed by atoms with van der Waals surface area (Å²) < 4.78 is 11.1. The summed E-state index contributed by atoms with van der Waals surface area (Å²) in [4.78, 5) is 8.70. The van der Waals surface area contributed by atoms with Crippen LogP contribution in [0.4, 0.5) is 23.1 Å². The van der Waals surface area contributed by atoms with Gasteiger partial charge < -0.3 is 20.1 Å². The number of halogens is 1. The molecule has 0 amide bonds. The van der Waals surface area contributed by atoms with E-state index in [1.807, 2.05) is 42.5 Å². The van der Waals surface area contributed by atoms with Gasteiger partial charge in [-0.15, -0.1) is 0 Å². The van der Waals surface area contributed by atoms with Crippen molar-refractivity contribution in [1.29, 1.82) is 0 Å². The number of rotatable bonds is 4. The van der Waals surface area contributed by atoms with Crippen LogP contribution < -0.4 is 20.1 Å². The lowest BCUT2D eigenvalue weighted by Gasteiger charge is -2.19. The van der Waals surface area contributed by atoms with Crippen LogP contribution in [0.5, 0.6) is 11.5 Å². The van der Waals surface area contributed by atoms with Crippen LogP contribution >= 0.6 is 11.6 Å². The zero-order valence-corrected chi connectivity index (χ0v) is 14.0. The zero-order chi connectivity index (χ0) is 17.1. The molecule has 2 N–H and O–H groups in total. The van der Waals surface area contributed by atoms with E-state index in [9.17, 15) is 0 Å². The highest BCUT2D eigenvalue weighted by Gasteiger charge is 2.12. The number of para-hydroxylation sites is 1. The van der Waals surface area contributed by atoms with Crippen LogP contribution in [0.15, 0.2) is 54.7 Å². The van der Waals surface area contributed by atoms with E-state index in [1.54, 1.807) is 12.3 Å². The van der Waals surface area contributed by atoms with E-state index in [-0.39, 0.29) is 0 Å². The Balaban J connectivity index is 1.53. The molecule has 0 radical (unpaired) electrons. The maximum Gasteiger partial charge on any atom is 0.229 e. The quantitative estimate of drug-likeness (QED) is 0.724. The molecule has 0 aliphatic carbocycles. The summed E-state index contributed by atoms with van der Waals surface area (Å²) >= 11 is 6.16. The highest BCUT2D eigenvalue weighted by molar-refractivity contribution is 6.33. The van der Waals surface area contributed by atoms with Gasteiger partial charge in [0.1, 0.15) is 19.0 Å². The van der Waals surface area contributed by atoms with Gasteiger partial charge in [-0.2, -0.15) is 4.98 Å². The Morgan fingerprint density at radius 2 is 1.76 bits per heavy atom. The van der Waals surface area contributed by atoms with E-state index < -0.39 is 0 Å². The van der Waals surface area contributed by atoms with Crippen LogP contribution in [0, 0.1) is 0 Å². The van der Waals surface area contributed by atoms with Crippen molar-refractivity contribution >= 4 is 34.7 Å². The van der Waals surface area contributed by atoms with E-state index in [1.165, 1.54) is 0 Å². The summed E-state index contributed by atoms with van der Waals surface area (Å²) in [6.45, 7) is 1.11. The molecule has 1 aliphatic rings. The summed E-state index contributed by atoms with van der Waals surface area (Å²) in [6, 6.07) is 14.9. The van der Waals surface area contributed by atoms with Crippen LogP contribution in [0.25, 0.3) is 0 Å². The Morgan fingerprint density at radius 3 is 2.64 bits per heavy atom. The Labute approximate surface area is 149 Å². The molecular weight excluding hydrogens is 340 g/mol. The van der Waals surface area contributed by atoms with Gasteiger partial charge >= 0.3 is 0 Å². The van der Waals surface area contributed by atoms with Gasteiger partial charge in [0.15, 0.2) is 11.5 Å². The molecule has 25 heavy (non-hydrogen) atoms. The molecule has 0 bridgehead atoms. The molecule has 0 unspecified atom stereocenters. The Kier molecular flexibility index (Phi) is 4.26. The SMILES string of the molecule is Clc1ccccc1Nc1ccnc(Nc2ccc3c(c2)OCCO3)n1. The zero-order valence-electron chi connectivity index (χ0n) is 13.2. The number of benzene rings is 2. The van der Waals surface area contributed by atoms with Crippen molar-refractivity contribution in [3.05, 3.63) is 59.8 Å². The Hall–Kier alpha value is -2.99. The second-order valence-electron chi connectivity index (χ2n) is 5.35. The average molecular weight is 355 g/mol. The van der Waals surface area contributed by atoms with Gasteiger partial charge in [-0.1, -0.05) is 23.7 Å². The molecule has 1 aromatic heterocycles. The first-order valence-electron chi connectivity index (χ1n) is 7.79. The standard InChI is InChI=1S/C18H15ClN4O2/c19-13-3-1-2-4-14(13)22-17-7-8-20-18(23-17)21-12-5-6-15-16(11-12)25-10-9-24-15/h1-8,11H,9-10H2,(H2,20,21,22,23). The lowest BCUT2D eigenvalue weighted by atomic mass is 10.2. The lowest BCUT2D eigenvalue weighted by molar-refractivity contribution is 0.171. The number of fused-ring (bicyclic) bond motifs is 1. The third-order valence-electron chi connectivity index (χ3n) is 3.59. The molecule has 126 valence electrons. The highest BCUT2D eigenvalue weighted by atomic mass is 35.5. The maximum atomic E-state index is 6.16. The summed E-state index contributed by atoms with van der Waals surface area (Å²) in [5.74, 6) is 2.56. The fourth-order valence-corrected chi connectivity index (χ4v) is 2.62. The van der Waals surface area contributed by atoms with Crippen molar-refractivity contribution in [2.45, 2.75) is 0 Å². The molecule has 3 aromatic rings. The molecule has 0 atom stereocenters. The van der Waals surface area contributed by atoms with Gasteiger partial charge in [0.25, 0.3) is 0 Å². The van der Waals surface area contributed by atoms with E-state index in [0.717, 1.165) is 17.1 Å². The minimum atomic E-state index is 0.466. The fraction of sp³-hybridized carbons (Fsp3) is 0.111. The van der Waals surface area contributed by atoms with Crippen molar-refractivity contribution in [2.75, 3.05) is 23.8 Å². The van der Waals surface area contributed by atoms with Gasteiger partial charge in [-0.3, -0.25) is 0 Å². The van der Waals surface area contributed by atoms with Crippen LogP contribution in [-0.2, 0) is 0 Å². The summed E-state index contributed by atoms with van der Waals surface area (Å²) in [5.41, 5.74) is 1.60.